The molecule has 0 bridgehead atoms. The number of hydrogen-bond donors (Lipinski definition) is 3. The third-order valence-corrected chi connectivity index (χ3v) is 8.73. The molecule has 2 fully saturated rings. The number of nitrogens with zero attached hydrogens (tertiary/aromatic N) is 3. The third-order valence-electron chi connectivity index (χ3n) is 8.13. The van der Waals surface area contributed by atoms with Crippen LogP contribution >= 0.6 is 0 Å². The summed E-state index contributed by atoms with van der Waals surface area (Å²) in [6.45, 7) is 4.74. The van der Waals surface area contributed by atoms with Crippen molar-refractivity contribution >= 4 is 33.3 Å². The lowest BCUT2D eigenvalue weighted by molar-refractivity contribution is 0.0996. The summed E-state index contributed by atoms with van der Waals surface area (Å²) in [5, 5.41) is 2.54. The van der Waals surface area contributed by atoms with E-state index in [-0.39, 0.29) is 11.7 Å². The first-order valence-corrected chi connectivity index (χ1v) is 17.1. The molecule has 5 rings (SSSR count). The van der Waals surface area contributed by atoms with Crippen LogP contribution in [0.15, 0.2) is 48.5 Å². The van der Waals surface area contributed by atoms with Gasteiger partial charge in [0.05, 0.1) is 17.5 Å². The smallest absolute Gasteiger partial charge is 0.322 e. The first kappa shape index (κ1) is 33.1. The van der Waals surface area contributed by atoms with Gasteiger partial charge in [-0.15, -0.1) is 0 Å². The summed E-state index contributed by atoms with van der Waals surface area (Å²) < 4.78 is 59.6. The first-order valence-electron chi connectivity index (χ1n) is 15.2. The predicted molar refractivity (Wildman–Crippen MR) is 170 cm³/mol. The van der Waals surface area contributed by atoms with E-state index in [4.69, 9.17) is 15.5 Å². The summed E-state index contributed by atoms with van der Waals surface area (Å²) in [4.78, 5) is 33.7. The summed E-state index contributed by atoms with van der Waals surface area (Å²) in [6, 6.07) is 11.3. The number of nitrogens with two attached hydrogens (primary N) is 1. The molecule has 0 radical (unpaired) electrons. The number of likely N-dealkylation sites (tertiary alicyclic amines) is 1. The van der Waals surface area contributed by atoms with Crippen molar-refractivity contribution < 1.29 is 31.5 Å². The summed E-state index contributed by atoms with van der Waals surface area (Å²) >= 11 is 0. The van der Waals surface area contributed by atoms with Crippen LogP contribution < -0.4 is 20.5 Å². The Bertz CT molecular complexity index is 1690. The monoisotopic (exact) mass is 656 g/mol. The van der Waals surface area contributed by atoms with E-state index in [0.717, 1.165) is 62.4 Å². The summed E-state index contributed by atoms with van der Waals surface area (Å²) in [5.74, 6) is -1.75. The zero-order valence-corrected chi connectivity index (χ0v) is 26.6. The highest BCUT2D eigenvalue weighted by Crippen LogP contribution is 2.33. The van der Waals surface area contributed by atoms with Crippen LogP contribution in [0.25, 0.3) is 0 Å². The van der Waals surface area contributed by atoms with E-state index >= 15 is 0 Å². The number of pyridine rings is 1. The number of anilines is 2. The molecule has 246 valence electrons. The molecule has 2 aliphatic rings. The van der Waals surface area contributed by atoms with Gasteiger partial charge in [-0.25, -0.2) is 27.0 Å². The third kappa shape index (κ3) is 8.69. The minimum absolute atomic E-state index is 0.0606. The molecule has 1 saturated heterocycles. The average Bonchev–Trinajstić information content (AvgIpc) is 3.83. The number of halogens is 2. The lowest BCUT2D eigenvalue weighted by Gasteiger charge is -2.39. The second-order valence-corrected chi connectivity index (χ2v) is 13.6. The zero-order valence-electron chi connectivity index (χ0n) is 25.8. The van der Waals surface area contributed by atoms with Crippen LogP contribution in [0, 0.1) is 17.6 Å². The van der Waals surface area contributed by atoms with E-state index in [1.54, 1.807) is 29.2 Å². The van der Waals surface area contributed by atoms with Gasteiger partial charge in [-0.3, -0.25) is 14.4 Å². The number of carbonyl (C=O) groups is 2. The van der Waals surface area contributed by atoms with Crippen LogP contribution in [0.1, 0.15) is 54.2 Å². The SMILES string of the molecule is CCc1nc(Oc2ccc(NS(C)(=O)=O)cc2)ccc1CN1CCC(N(CC2CC2)C(=O)Nc2cc(C(N)=O)c(F)cc2F)CC1. The molecular weight excluding hydrogens is 618 g/mol. The quantitative estimate of drug-likeness (QED) is 0.246. The van der Waals surface area contributed by atoms with Crippen LogP contribution in [0.4, 0.5) is 25.0 Å². The fraction of sp³-hybridized carbons (Fsp3) is 0.406. The molecule has 4 N–H and O–H groups in total. The number of aryl methyl sites for hydroxylation is 1. The number of urea groups is 1. The standard InChI is InChI=1S/C32H38F2N6O5S/c1-3-28-21(6-11-30(36-28)45-24-9-7-22(8-10-24)38-46(2,43)44)19-39-14-12-23(13-15-39)40(18-20-4-5-20)32(42)37-29-16-25(31(35)41)26(33)17-27(29)34/h6-11,16-17,20,23,38H,3-5,12-15,18-19H2,1-2H3,(H2,35,41)(H,37,42). The molecule has 0 atom stereocenters. The Morgan fingerprint density at radius 3 is 2.35 bits per heavy atom. The van der Waals surface area contributed by atoms with Crippen molar-refractivity contribution in [1.29, 1.82) is 0 Å². The molecule has 1 aromatic heterocycles. The summed E-state index contributed by atoms with van der Waals surface area (Å²) in [5.41, 5.74) is 6.85. The number of primary amides is 1. The fourth-order valence-corrected chi connectivity index (χ4v) is 6.13. The first-order chi connectivity index (χ1) is 21.9. The Morgan fingerprint density at radius 1 is 1.04 bits per heavy atom. The molecule has 46 heavy (non-hydrogen) atoms. The molecule has 0 unspecified atom stereocenters. The molecule has 2 heterocycles. The van der Waals surface area contributed by atoms with Gasteiger partial charge in [-0.1, -0.05) is 13.0 Å². The maximum Gasteiger partial charge on any atom is 0.322 e. The van der Waals surface area contributed by atoms with E-state index in [0.29, 0.717) is 48.8 Å². The Hall–Kier alpha value is -4.30. The van der Waals surface area contributed by atoms with Gasteiger partial charge in [0.2, 0.25) is 15.9 Å². The van der Waals surface area contributed by atoms with Gasteiger partial charge >= 0.3 is 6.03 Å². The van der Waals surface area contributed by atoms with E-state index in [9.17, 15) is 26.8 Å². The van der Waals surface area contributed by atoms with E-state index in [1.165, 1.54) is 0 Å². The Balaban J connectivity index is 1.19. The number of carbonyl (C=O) groups excluding carboxylic acids is 2. The number of aromatic nitrogens is 1. The predicted octanol–water partition coefficient (Wildman–Crippen LogP) is 5.09. The van der Waals surface area contributed by atoms with Gasteiger partial charge in [0.25, 0.3) is 5.91 Å². The van der Waals surface area contributed by atoms with Crippen molar-refractivity contribution in [1.82, 2.24) is 14.8 Å². The number of sulfonamides is 1. The topological polar surface area (TPSA) is 147 Å². The lowest BCUT2D eigenvalue weighted by Crippen LogP contribution is -2.49. The van der Waals surface area contributed by atoms with Gasteiger partial charge in [-0.2, -0.15) is 0 Å². The Morgan fingerprint density at radius 2 is 1.74 bits per heavy atom. The number of piperidine rings is 1. The van der Waals surface area contributed by atoms with E-state index < -0.39 is 39.2 Å². The number of rotatable bonds is 12. The van der Waals surface area contributed by atoms with Gasteiger partial charge < -0.3 is 20.7 Å². The van der Waals surface area contributed by atoms with Crippen molar-refractivity contribution in [2.45, 2.75) is 51.6 Å². The van der Waals surface area contributed by atoms with E-state index in [1.807, 2.05) is 19.1 Å². The molecular formula is C32H38F2N6O5S. The minimum Gasteiger partial charge on any atom is -0.439 e. The summed E-state index contributed by atoms with van der Waals surface area (Å²) in [6.07, 6.45) is 5.28. The van der Waals surface area contributed by atoms with Crippen molar-refractivity contribution in [3.05, 3.63) is 77.0 Å². The maximum atomic E-state index is 14.5. The number of amides is 3. The van der Waals surface area contributed by atoms with Gasteiger partial charge in [-0.05, 0) is 73.9 Å². The molecule has 0 spiro atoms. The van der Waals surface area contributed by atoms with Crippen LogP contribution in [0.5, 0.6) is 11.6 Å². The molecule has 1 saturated carbocycles. The van der Waals surface area contributed by atoms with Gasteiger partial charge in [0.15, 0.2) is 0 Å². The van der Waals surface area contributed by atoms with Crippen LogP contribution in [-0.4, -0.2) is 67.1 Å². The van der Waals surface area contributed by atoms with Crippen molar-refractivity contribution in [2.75, 3.05) is 35.9 Å². The second-order valence-electron chi connectivity index (χ2n) is 11.8. The molecule has 3 amide bonds. The number of ether oxygens (including phenoxy) is 1. The number of benzene rings is 2. The molecule has 11 nitrogen and oxygen atoms in total. The number of hydrogen-bond acceptors (Lipinski definition) is 7. The van der Waals surface area contributed by atoms with Crippen LogP contribution in [0.3, 0.4) is 0 Å². The summed E-state index contributed by atoms with van der Waals surface area (Å²) in [7, 11) is -3.37. The maximum absolute atomic E-state index is 14.5. The normalized spacial score (nSPS) is 15.7. The highest BCUT2D eigenvalue weighted by atomic mass is 32.2. The highest BCUT2D eigenvalue weighted by molar-refractivity contribution is 7.92. The number of nitrogens with one attached hydrogen (secondary N) is 2. The van der Waals surface area contributed by atoms with Crippen LogP contribution in [0.2, 0.25) is 0 Å². The van der Waals surface area contributed by atoms with Crippen molar-refractivity contribution in [3.63, 3.8) is 0 Å². The second kappa shape index (κ2) is 14.0. The molecule has 3 aromatic rings. The lowest BCUT2D eigenvalue weighted by atomic mass is 10.0. The Kier molecular flexibility index (Phi) is 10.1. The van der Waals surface area contributed by atoms with Gasteiger partial charge in [0.1, 0.15) is 17.4 Å². The zero-order chi connectivity index (χ0) is 33.0. The molecule has 2 aromatic carbocycles. The van der Waals surface area contributed by atoms with Crippen molar-refractivity contribution in [2.24, 2.45) is 11.7 Å². The van der Waals surface area contributed by atoms with Crippen LogP contribution in [-0.2, 0) is 23.0 Å². The highest BCUT2D eigenvalue weighted by Gasteiger charge is 2.34. The largest absolute Gasteiger partial charge is 0.439 e. The fourth-order valence-electron chi connectivity index (χ4n) is 5.57. The Labute approximate surface area is 267 Å². The molecule has 1 aliphatic heterocycles. The molecule has 14 heteroatoms. The molecule has 1 aliphatic carbocycles. The van der Waals surface area contributed by atoms with Crippen molar-refractivity contribution in [3.8, 4) is 11.6 Å². The minimum atomic E-state index is -3.37. The van der Waals surface area contributed by atoms with Gasteiger partial charge in [0, 0.05) is 55.7 Å². The van der Waals surface area contributed by atoms with E-state index in [2.05, 4.69) is 14.9 Å². The average molecular weight is 657 g/mol.